The molecule has 18 heavy (non-hydrogen) atoms. The van der Waals surface area contributed by atoms with Gasteiger partial charge in [-0.2, -0.15) is 5.10 Å². The highest BCUT2D eigenvalue weighted by Gasteiger charge is 2.22. The second-order valence-corrected chi connectivity index (χ2v) is 6.53. The Balaban J connectivity index is 2.38. The van der Waals surface area contributed by atoms with Crippen LogP contribution in [0.4, 0.5) is 0 Å². The fourth-order valence-corrected chi connectivity index (χ4v) is 3.32. The maximum Gasteiger partial charge on any atom is 0.131 e. The maximum absolute atomic E-state index is 10.5. The third kappa shape index (κ3) is 2.53. The van der Waals surface area contributed by atoms with Gasteiger partial charge in [-0.05, 0) is 48.3 Å². The van der Waals surface area contributed by atoms with Gasteiger partial charge in [0.2, 0.25) is 0 Å². The average molecular weight is 329 g/mol. The van der Waals surface area contributed by atoms with Gasteiger partial charge >= 0.3 is 0 Å². The number of halogens is 1. The van der Waals surface area contributed by atoms with E-state index < -0.39 is 6.10 Å². The van der Waals surface area contributed by atoms with Gasteiger partial charge in [0.15, 0.2) is 0 Å². The molecule has 2 heterocycles. The summed E-state index contributed by atoms with van der Waals surface area (Å²) >= 11 is 5.12. The van der Waals surface area contributed by atoms with Crippen LogP contribution in [-0.4, -0.2) is 14.9 Å². The molecule has 0 spiro atoms. The second kappa shape index (κ2) is 5.55. The summed E-state index contributed by atoms with van der Waals surface area (Å²) in [7, 11) is 0. The molecule has 0 amide bonds. The highest BCUT2D eigenvalue weighted by Crippen LogP contribution is 2.33. The number of aryl methyl sites for hydroxylation is 1. The lowest BCUT2D eigenvalue weighted by Gasteiger charge is -2.15. The largest absolute Gasteiger partial charge is 0.381 e. The van der Waals surface area contributed by atoms with E-state index in [2.05, 4.69) is 47.9 Å². The minimum Gasteiger partial charge on any atom is -0.381 e. The van der Waals surface area contributed by atoms with Crippen LogP contribution < -0.4 is 0 Å². The number of hydrogen-bond acceptors (Lipinski definition) is 3. The zero-order chi connectivity index (χ0) is 13.3. The van der Waals surface area contributed by atoms with Gasteiger partial charge < -0.3 is 5.11 Å². The molecule has 0 aliphatic carbocycles. The van der Waals surface area contributed by atoms with Crippen molar-refractivity contribution in [1.82, 2.24) is 9.78 Å². The summed E-state index contributed by atoms with van der Waals surface area (Å²) in [5.74, 6) is 0. The molecule has 1 N–H and O–H groups in total. The first-order valence-corrected chi connectivity index (χ1v) is 7.65. The molecule has 3 nitrogen and oxygen atoms in total. The van der Waals surface area contributed by atoms with Crippen LogP contribution in [0.3, 0.4) is 0 Å². The van der Waals surface area contributed by atoms with Crippen LogP contribution >= 0.6 is 27.3 Å². The molecule has 0 aliphatic heterocycles. The highest BCUT2D eigenvalue weighted by molar-refractivity contribution is 9.10. The molecule has 0 aromatic carbocycles. The lowest BCUT2D eigenvalue weighted by Crippen LogP contribution is -2.11. The Kier molecular flexibility index (Phi) is 4.25. The van der Waals surface area contributed by atoms with Crippen molar-refractivity contribution < 1.29 is 5.11 Å². The Hall–Kier alpha value is -0.650. The minimum absolute atomic E-state index is 0.228. The zero-order valence-corrected chi connectivity index (χ0v) is 13.1. The first kappa shape index (κ1) is 13.8. The topological polar surface area (TPSA) is 38.1 Å². The van der Waals surface area contributed by atoms with Gasteiger partial charge in [0.25, 0.3) is 0 Å². The molecule has 1 unspecified atom stereocenters. The van der Waals surface area contributed by atoms with Crippen molar-refractivity contribution in [1.29, 1.82) is 0 Å². The van der Waals surface area contributed by atoms with Crippen molar-refractivity contribution in [2.24, 2.45) is 0 Å². The molecule has 98 valence electrons. The fraction of sp³-hybridized carbons (Fsp3) is 0.462. The number of nitrogens with zero attached hydrogens (tertiary/aromatic N) is 2. The first-order chi connectivity index (χ1) is 8.54. The summed E-state index contributed by atoms with van der Waals surface area (Å²) in [6.45, 7) is 6.24. The van der Waals surface area contributed by atoms with E-state index in [0.717, 1.165) is 21.5 Å². The van der Waals surface area contributed by atoms with Gasteiger partial charge in [0.05, 0.1) is 16.4 Å². The number of aliphatic hydroxyl groups is 1. The minimum atomic E-state index is -0.616. The fourth-order valence-electron chi connectivity index (χ4n) is 1.88. The van der Waals surface area contributed by atoms with Gasteiger partial charge in [0, 0.05) is 15.8 Å². The normalized spacial score (nSPS) is 13.2. The van der Waals surface area contributed by atoms with E-state index in [9.17, 15) is 5.11 Å². The molecule has 0 aliphatic rings. The van der Waals surface area contributed by atoms with Gasteiger partial charge in [-0.25, -0.2) is 0 Å². The smallest absolute Gasteiger partial charge is 0.131 e. The molecule has 1 atom stereocenters. The highest BCUT2D eigenvalue weighted by atomic mass is 79.9. The van der Waals surface area contributed by atoms with Crippen LogP contribution in [0.5, 0.6) is 0 Å². The lowest BCUT2D eigenvalue weighted by molar-refractivity contribution is 0.208. The molecule has 0 saturated carbocycles. The van der Waals surface area contributed by atoms with Crippen LogP contribution in [0.15, 0.2) is 22.8 Å². The standard InChI is InChI=1S/C13H17BrN2OS/c1-4-9-5-6-11(18-9)13(17)12-10(14)7-15-16(12)8(2)3/h5-8,13,17H,4H2,1-3H3. The molecule has 0 radical (unpaired) electrons. The van der Waals surface area contributed by atoms with Crippen LogP contribution in [0.25, 0.3) is 0 Å². The third-order valence-corrected chi connectivity index (χ3v) is 4.73. The molecule has 0 fully saturated rings. The van der Waals surface area contributed by atoms with E-state index in [4.69, 9.17) is 0 Å². The van der Waals surface area contributed by atoms with E-state index in [-0.39, 0.29) is 6.04 Å². The number of aliphatic hydroxyl groups excluding tert-OH is 1. The van der Waals surface area contributed by atoms with Crippen LogP contribution in [0, 0.1) is 0 Å². The van der Waals surface area contributed by atoms with E-state index in [1.165, 1.54) is 4.88 Å². The van der Waals surface area contributed by atoms with Crippen molar-refractivity contribution in [3.63, 3.8) is 0 Å². The van der Waals surface area contributed by atoms with Crippen molar-refractivity contribution in [2.75, 3.05) is 0 Å². The van der Waals surface area contributed by atoms with Crippen molar-refractivity contribution in [2.45, 2.75) is 39.3 Å². The Morgan fingerprint density at radius 3 is 2.72 bits per heavy atom. The molecule has 0 saturated heterocycles. The number of thiophene rings is 1. The van der Waals surface area contributed by atoms with Crippen molar-refractivity contribution >= 4 is 27.3 Å². The zero-order valence-electron chi connectivity index (χ0n) is 10.7. The van der Waals surface area contributed by atoms with Crippen LogP contribution in [0.2, 0.25) is 0 Å². The Bertz CT molecular complexity index is 533. The molecular weight excluding hydrogens is 312 g/mol. The maximum atomic E-state index is 10.5. The summed E-state index contributed by atoms with van der Waals surface area (Å²) in [5, 5.41) is 14.8. The predicted molar refractivity (Wildman–Crippen MR) is 78.1 cm³/mol. The molecule has 5 heteroatoms. The summed E-state index contributed by atoms with van der Waals surface area (Å²) in [6.07, 6.45) is 2.13. The number of aromatic nitrogens is 2. The SMILES string of the molecule is CCc1ccc(C(O)c2c(Br)cnn2C(C)C)s1. The number of hydrogen-bond donors (Lipinski definition) is 1. The van der Waals surface area contributed by atoms with Gasteiger partial charge in [-0.15, -0.1) is 11.3 Å². The Morgan fingerprint density at radius 1 is 1.44 bits per heavy atom. The van der Waals surface area contributed by atoms with Crippen molar-refractivity contribution in [3.8, 4) is 0 Å². The molecule has 0 bridgehead atoms. The molecular formula is C13H17BrN2OS. The predicted octanol–water partition coefficient (Wildman–Crippen LogP) is 3.93. The second-order valence-electron chi connectivity index (χ2n) is 4.48. The first-order valence-electron chi connectivity index (χ1n) is 6.04. The monoisotopic (exact) mass is 328 g/mol. The third-order valence-electron chi connectivity index (χ3n) is 2.84. The van der Waals surface area contributed by atoms with Crippen molar-refractivity contribution in [3.05, 3.63) is 38.3 Å². The molecule has 2 aromatic heterocycles. The van der Waals surface area contributed by atoms with Gasteiger partial charge in [-0.1, -0.05) is 6.92 Å². The Labute approximate surface area is 120 Å². The summed E-state index contributed by atoms with van der Waals surface area (Å²) in [5.41, 5.74) is 0.828. The summed E-state index contributed by atoms with van der Waals surface area (Å²) < 4.78 is 2.72. The van der Waals surface area contributed by atoms with E-state index >= 15 is 0 Å². The van der Waals surface area contributed by atoms with Crippen LogP contribution in [0.1, 0.15) is 48.4 Å². The quantitative estimate of drug-likeness (QED) is 0.923. The molecule has 2 rings (SSSR count). The lowest BCUT2D eigenvalue weighted by atomic mass is 10.2. The molecule has 2 aromatic rings. The average Bonchev–Trinajstić information content (AvgIpc) is 2.94. The summed E-state index contributed by atoms with van der Waals surface area (Å²) in [6, 6.07) is 4.30. The van der Waals surface area contributed by atoms with Crippen LogP contribution in [-0.2, 0) is 6.42 Å². The number of rotatable bonds is 4. The van der Waals surface area contributed by atoms with E-state index in [1.807, 2.05) is 10.7 Å². The van der Waals surface area contributed by atoms with Gasteiger partial charge in [-0.3, -0.25) is 4.68 Å². The Morgan fingerprint density at radius 2 is 2.17 bits per heavy atom. The van der Waals surface area contributed by atoms with E-state index in [0.29, 0.717) is 0 Å². The van der Waals surface area contributed by atoms with Gasteiger partial charge in [0.1, 0.15) is 6.10 Å². The van der Waals surface area contributed by atoms with E-state index in [1.54, 1.807) is 17.5 Å². The summed E-state index contributed by atoms with van der Waals surface area (Å²) in [4.78, 5) is 2.26.